The minimum atomic E-state index is -0.800. The molecule has 0 aliphatic carbocycles. The standard InChI is InChI=1S/C26H26N2O5/c1-3-31-23-15-20(16-24(17-23)33-14-13-32-22-7-5-4-6-8-22)25(26(29)30-2)28-21-11-9-19(18-27)10-12-21/h4-12,15-17,25,28H,3,13-14H2,1-2H3. The van der Waals surface area contributed by atoms with Gasteiger partial charge in [0.05, 0.1) is 25.3 Å². The lowest BCUT2D eigenvalue weighted by atomic mass is 10.1. The van der Waals surface area contributed by atoms with E-state index in [0.717, 1.165) is 5.75 Å². The molecule has 1 unspecified atom stereocenters. The second-order valence-corrected chi connectivity index (χ2v) is 6.97. The third kappa shape index (κ3) is 6.91. The molecule has 0 spiro atoms. The number of nitrogens with zero attached hydrogens (tertiary/aromatic N) is 1. The predicted octanol–water partition coefficient (Wildman–Crippen LogP) is 4.74. The smallest absolute Gasteiger partial charge is 0.332 e. The molecule has 0 saturated carbocycles. The maximum atomic E-state index is 12.6. The molecule has 0 aromatic heterocycles. The van der Waals surface area contributed by atoms with Crippen LogP contribution in [0.1, 0.15) is 24.1 Å². The number of para-hydroxylation sites is 1. The molecule has 1 N–H and O–H groups in total. The third-order valence-electron chi connectivity index (χ3n) is 4.67. The minimum Gasteiger partial charge on any atom is -0.494 e. The van der Waals surface area contributed by atoms with E-state index in [0.29, 0.717) is 48.1 Å². The highest BCUT2D eigenvalue weighted by Gasteiger charge is 2.23. The fourth-order valence-corrected chi connectivity index (χ4v) is 3.13. The number of nitrogens with one attached hydrogen (secondary N) is 1. The van der Waals surface area contributed by atoms with Crippen LogP contribution in [-0.2, 0) is 9.53 Å². The number of carbonyl (C=O) groups excluding carboxylic acids is 1. The van der Waals surface area contributed by atoms with Gasteiger partial charge in [-0.3, -0.25) is 0 Å². The fourth-order valence-electron chi connectivity index (χ4n) is 3.13. The number of carbonyl (C=O) groups is 1. The topological polar surface area (TPSA) is 89.8 Å². The monoisotopic (exact) mass is 446 g/mol. The predicted molar refractivity (Wildman–Crippen MR) is 125 cm³/mol. The Labute approximate surface area is 193 Å². The largest absolute Gasteiger partial charge is 0.494 e. The second kappa shape index (κ2) is 12.0. The molecule has 0 radical (unpaired) electrons. The van der Waals surface area contributed by atoms with Crippen LogP contribution in [0, 0.1) is 11.3 Å². The number of esters is 1. The van der Waals surface area contributed by atoms with Gasteiger partial charge in [-0.1, -0.05) is 18.2 Å². The summed E-state index contributed by atoms with van der Waals surface area (Å²) in [7, 11) is 1.33. The van der Waals surface area contributed by atoms with Crippen LogP contribution in [0.5, 0.6) is 17.2 Å². The molecular formula is C26H26N2O5. The highest BCUT2D eigenvalue weighted by Crippen LogP contribution is 2.30. The van der Waals surface area contributed by atoms with Crippen LogP contribution in [0.25, 0.3) is 0 Å². The zero-order chi connectivity index (χ0) is 23.5. The molecule has 0 bridgehead atoms. The number of rotatable bonds is 11. The van der Waals surface area contributed by atoms with E-state index in [4.69, 9.17) is 24.2 Å². The summed E-state index contributed by atoms with van der Waals surface area (Å²) in [5, 5.41) is 12.2. The molecule has 3 aromatic carbocycles. The van der Waals surface area contributed by atoms with Crippen LogP contribution >= 0.6 is 0 Å². The Morgan fingerprint density at radius 1 is 0.909 bits per heavy atom. The first-order chi connectivity index (χ1) is 16.1. The third-order valence-corrected chi connectivity index (χ3v) is 4.67. The molecule has 3 rings (SSSR count). The van der Waals surface area contributed by atoms with Gasteiger partial charge in [-0.05, 0) is 61.0 Å². The van der Waals surface area contributed by atoms with Gasteiger partial charge in [-0.15, -0.1) is 0 Å². The van der Waals surface area contributed by atoms with Gasteiger partial charge in [0.2, 0.25) is 0 Å². The van der Waals surface area contributed by atoms with Crippen molar-refractivity contribution in [1.29, 1.82) is 5.26 Å². The van der Waals surface area contributed by atoms with Gasteiger partial charge < -0.3 is 24.3 Å². The molecule has 0 fully saturated rings. The molecule has 0 aliphatic heterocycles. The van der Waals surface area contributed by atoms with Gasteiger partial charge in [0.1, 0.15) is 30.5 Å². The maximum absolute atomic E-state index is 12.6. The molecule has 0 heterocycles. The van der Waals surface area contributed by atoms with E-state index in [1.54, 1.807) is 42.5 Å². The molecule has 0 amide bonds. The number of methoxy groups -OCH3 is 1. The molecule has 1 atom stereocenters. The van der Waals surface area contributed by atoms with Gasteiger partial charge in [0.25, 0.3) is 0 Å². The Hall–Kier alpha value is -4.18. The summed E-state index contributed by atoms with van der Waals surface area (Å²) in [6.07, 6.45) is 0. The van der Waals surface area contributed by atoms with Crippen molar-refractivity contribution in [2.45, 2.75) is 13.0 Å². The summed E-state index contributed by atoms with van der Waals surface area (Å²) in [5.41, 5.74) is 1.82. The average molecular weight is 447 g/mol. The van der Waals surface area contributed by atoms with Crippen molar-refractivity contribution in [2.24, 2.45) is 0 Å². The number of benzene rings is 3. The lowest BCUT2D eigenvalue weighted by molar-refractivity contribution is -0.141. The lowest BCUT2D eigenvalue weighted by Crippen LogP contribution is -2.22. The van der Waals surface area contributed by atoms with Crippen molar-refractivity contribution < 1.29 is 23.7 Å². The Balaban J connectivity index is 1.77. The Morgan fingerprint density at radius 3 is 2.15 bits per heavy atom. The molecular weight excluding hydrogens is 420 g/mol. The van der Waals surface area contributed by atoms with Gasteiger partial charge in [0.15, 0.2) is 6.04 Å². The van der Waals surface area contributed by atoms with E-state index in [1.807, 2.05) is 37.3 Å². The summed E-state index contributed by atoms with van der Waals surface area (Å²) in [6.45, 7) is 3.03. The molecule has 33 heavy (non-hydrogen) atoms. The zero-order valence-electron chi connectivity index (χ0n) is 18.6. The van der Waals surface area contributed by atoms with Crippen molar-refractivity contribution in [2.75, 3.05) is 32.2 Å². The quantitative estimate of drug-likeness (QED) is 0.336. The van der Waals surface area contributed by atoms with E-state index in [2.05, 4.69) is 11.4 Å². The van der Waals surface area contributed by atoms with E-state index in [-0.39, 0.29) is 0 Å². The van der Waals surface area contributed by atoms with E-state index in [9.17, 15) is 4.79 Å². The molecule has 7 heteroatoms. The summed E-state index contributed by atoms with van der Waals surface area (Å²) >= 11 is 0. The number of anilines is 1. The molecule has 0 saturated heterocycles. The first-order valence-electron chi connectivity index (χ1n) is 10.6. The Kier molecular flexibility index (Phi) is 8.55. The average Bonchev–Trinajstić information content (AvgIpc) is 2.86. The second-order valence-electron chi connectivity index (χ2n) is 6.97. The minimum absolute atomic E-state index is 0.315. The SMILES string of the molecule is CCOc1cc(OCCOc2ccccc2)cc(C(Nc2ccc(C#N)cc2)C(=O)OC)c1. The summed E-state index contributed by atoms with van der Waals surface area (Å²) in [4.78, 5) is 12.6. The van der Waals surface area contributed by atoms with Crippen molar-refractivity contribution in [1.82, 2.24) is 0 Å². The van der Waals surface area contributed by atoms with Gasteiger partial charge in [-0.25, -0.2) is 4.79 Å². The highest BCUT2D eigenvalue weighted by atomic mass is 16.5. The molecule has 7 nitrogen and oxygen atoms in total. The summed E-state index contributed by atoms with van der Waals surface area (Å²) in [5.74, 6) is 1.42. The van der Waals surface area contributed by atoms with Gasteiger partial charge in [-0.2, -0.15) is 5.26 Å². The maximum Gasteiger partial charge on any atom is 0.332 e. The fraction of sp³-hybridized carbons (Fsp3) is 0.231. The molecule has 0 aliphatic rings. The first-order valence-corrected chi connectivity index (χ1v) is 10.6. The van der Waals surface area contributed by atoms with Crippen LogP contribution in [0.4, 0.5) is 5.69 Å². The van der Waals surface area contributed by atoms with Crippen LogP contribution in [0.3, 0.4) is 0 Å². The van der Waals surface area contributed by atoms with E-state index in [1.165, 1.54) is 7.11 Å². The normalized spacial score (nSPS) is 11.1. The van der Waals surface area contributed by atoms with Crippen LogP contribution in [0.15, 0.2) is 72.8 Å². The Bertz CT molecular complexity index is 1080. The van der Waals surface area contributed by atoms with Crippen molar-refractivity contribution in [3.63, 3.8) is 0 Å². The summed E-state index contributed by atoms with van der Waals surface area (Å²) in [6, 6.07) is 22.9. The first kappa shape index (κ1) is 23.5. The van der Waals surface area contributed by atoms with E-state index >= 15 is 0 Å². The summed E-state index contributed by atoms with van der Waals surface area (Å²) < 4.78 is 22.2. The Morgan fingerprint density at radius 2 is 1.55 bits per heavy atom. The number of ether oxygens (including phenoxy) is 4. The van der Waals surface area contributed by atoms with Gasteiger partial charge >= 0.3 is 5.97 Å². The van der Waals surface area contributed by atoms with E-state index < -0.39 is 12.0 Å². The number of hydrogen-bond donors (Lipinski definition) is 1. The van der Waals surface area contributed by atoms with Crippen molar-refractivity contribution in [3.8, 4) is 23.3 Å². The molecule has 3 aromatic rings. The number of nitriles is 1. The van der Waals surface area contributed by atoms with Crippen LogP contribution in [-0.4, -0.2) is 32.9 Å². The lowest BCUT2D eigenvalue weighted by Gasteiger charge is -2.20. The molecule has 170 valence electrons. The van der Waals surface area contributed by atoms with Crippen LogP contribution in [0.2, 0.25) is 0 Å². The van der Waals surface area contributed by atoms with Crippen molar-refractivity contribution >= 4 is 11.7 Å². The zero-order valence-corrected chi connectivity index (χ0v) is 18.6. The highest BCUT2D eigenvalue weighted by molar-refractivity contribution is 5.81. The number of hydrogen-bond acceptors (Lipinski definition) is 7. The van der Waals surface area contributed by atoms with Crippen molar-refractivity contribution in [3.05, 3.63) is 83.9 Å². The van der Waals surface area contributed by atoms with Gasteiger partial charge in [0, 0.05) is 11.8 Å². The van der Waals surface area contributed by atoms with Crippen LogP contribution < -0.4 is 19.5 Å².